The van der Waals surface area contributed by atoms with Crippen molar-refractivity contribution in [3.63, 3.8) is 0 Å². The van der Waals surface area contributed by atoms with E-state index in [-0.39, 0.29) is 16.5 Å². The molecule has 0 atom stereocenters. The number of amides is 1. The van der Waals surface area contributed by atoms with Crippen LogP contribution in [-0.4, -0.2) is 11.9 Å². The molecule has 24 heavy (non-hydrogen) atoms. The molecular weight excluding hydrogens is 345 g/mol. The molecule has 0 spiro atoms. The van der Waals surface area contributed by atoms with E-state index in [1.807, 2.05) is 42.5 Å². The standard InChI is InChI=1S/C18H13Cl2N3O/c19-12-8-9-15(20)14(10-12)17(24)23-18(21)22-16-7-3-5-11-4-1-2-6-13(11)16/h1-10H,(H3,21,22,23,24). The molecule has 0 aliphatic rings. The smallest absolute Gasteiger partial charge is 0.259 e. The molecule has 3 aromatic rings. The minimum atomic E-state index is -0.500. The molecule has 0 aliphatic heterocycles. The molecule has 4 nitrogen and oxygen atoms in total. The van der Waals surface area contributed by atoms with Crippen LogP contribution in [0.4, 0.5) is 5.69 Å². The number of hydrogen-bond donors (Lipinski definition) is 3. The number of hydrogen-bond acceptors (Lipinski definition) is 2. The van der Waals surface area contributed by atoms with E-state index in [0.717, 1.165) is 16.5 Å². The summed E-state index contributed by atoms with van der Waals surface area (Å²) in [7, 11) is 0. The van der Waals surface area contributed by atoms with Crippen molar-refractivity contribution < 1.29 is 4.79 Å². The van der Waals surface area contributed by atoms with Gasteiger partial charge in [0, 0.05) is 16.1 Å². The predicted octanol–water partition coefficient (Wildman–Crippen LogP) is 4.92. The van der Waals surface area contributed by atoms with E-state index < -0.39 is 5.91 Å². The number of fused-ring (bicyclic) bond motifs is 1. The van der Waals surface area contributed by atoms with Gasteiger partial charge in [-0.15, -0.1) is 0 Å². The first kappa shape index (κ1) is 16.3. The molecule has 0 saturated carbocycles. The summed E-state index contributed by atoms with van der Waals surface area (Å²) in [5.41, 5.74) is 0.948. The van der Waals surface area contributed by atoms with Crippen molar-refractivity contribution in [3.8, 4) is 0 Å². The molecule has 120 valence electrons. The predicted molar refractivity (Wildman–Crippen MR) is 99.2 cm³/mol. The van der Waals surface area contributed by atoms with Gasteiger partial charge in [-0.3, -0.25) is 15.5 Å². The SMILES string of the molecule is N=C(NC(=O)c1cc(Cl)ccc1Cl)Nc1cccc2ccccc12. The van der Waals surface area contributed by atoms with E-state index in [1.165, 1.54) is 6.07 Å². The Labute approximate surface area is 148 Å². The van der Waals surface area contributed by atoms with Crippen LogP contribution in [0.3, 0.4) is 0 Å². The highest BCUT2D eigenvalue weighted by Gasteiger charge is 2.13. The fraction of sp³-hybridized carbons (Fsp3) is 0. The maximum Gasteiger partial charge on any atom is 0.259 e. The summed E-state index contributed by atoms with van der Waals surface area (Å²) in [6.45, 7) is 0. The van der Waals surface area contributed by atoms with Crippen molar-refractivity contribution in [2.45, 2.75) is 0 Å². The van der Waals surface area contributed by atoms with Crippen molar-refractivity contribution in [3.05, 3.63) is 76.3 Å². The summed E-state index contributed by atoms with van der Waals surface area (Å²) in [6.07, 6.45) is 0. The van der Waals surface area contributed by atoms with E-state index in [0.29, 0.717) is 5.02 Å². The third-order valence-electron chi connectivity index (χ3n) is 3.46. The summed E-state index contributed by atoms with van der Waals surface area (Å²) in [6, 6.07) is 18.1. The lowest BCUT2D eigenvalue weighted by atomic mass is 10.1. The number of guanidine groups is 1. The molecule has 0 heterocycles. The van der Waals surface area contributed by atoms with Crippen molar-refractivity contribution in [2.75, 3.05) is 5.32 Å². The Hall–Kier alpha value is -2.56. The largest absolute Gasteiger partial charge is 0.326 e. The second-order valence-electron chi connectivity index (χ2n) is 5.11. The Bertz CT molecular complexity index is 935. The van der Waals surface area contributed by atoms with Gasteiger partial charge in [0.05, 0.1) is 10.6 Å². The van der Waals surface area contributed by atoms with Crippen LogP contribution in [0.1, 0.15) is 10.4 Å². The van der Waals surface area contributed by atoms with Crippen LogP contribution in [0.2, 0.25) is 10.0 Å². The number of carbonyl (C=O) groups excluding carboxylic acids is 1. The topological polar surface area (TPSA) is 65.0 Å². The van der Waals surface area contributed by atoms with Crippen molar-refractivity contribution in [1.29, 1.82) is 5.41 Å². The average molecular weight is 358 g/mol. The third-order valence-corrected chi connectivity index (χ3v) is 4.03. The Morgan fingerprint density at radius 2 is 1.71 bits per heavy atom. The van der Waals surface area contributed by atoms with E-state index in [1.54, 1.807) is 12.1 Å². The highest BCUT2D eigenvalue weighted by atomic mass is 35.5. The Morgan fingerprint density at radius 1 is 0.958 bits per heavy atom. The number of carbonyl (C=O) groups is 1. The second kappa shape index (κ2) is 6.91. The van der Waals surface area contributed by atoms with Gasteiger partial charge in [0.15, 0.2) is 5.96 Å². The van der Waals surface area contributed by atoms with Gasteiger partial charge in [-0.05, 0) is 29.7 Å². The van der Waals surface area contributed by atoms with Gasteiger partial charge in [0.2, 0.25) is 0 Å². The summed E-state index contributed by atoms with van der Waals surface area (Å²) in [4.78, 5) is 12.2. The summed E-state index contributed by atoms with van der Waals surface area (Å²) in [5, 5.41) is 16.0. The Balaban J connectivity index is 1.78. The van der Waals surface area contributed by atoms with Gasteiger partial charge < -0.3 is 5.32 Å². The second-order valence-corrected chi connectivity index (χ2v) is 5.95. The Kier molecular flexibility index (Phi) is 4.69. The van der Waals surface area contributed by atoms with Crippen molar-refractivity contribution in [2.24, 2.45) is 0 Å². The maximum atomic E-state index is 12.2. The molecule has 3 rings (SSSR count). The first-order valence-corrected chi connectivity index (χ1v) is 7.90. The fourth-order valence-electron chi connectivity index (χ4n) is 2.35. The minimum Gasteiger partial charge on any atom is -0.326 e. The number of rotatable bonds is 2. The number of benzene rings is 3. The summed E-state index contributed by atoms with van der Waals surface area (Å²) < 4.78 is 0. The van der Waals surface area contributed by atoms with Gasteiger partial charge in [0.25, 0.3) is 5.91 Å². The number of nitrogens with one attached hydrogen (secondary N) is 3. The summed E-state index contributed by atoms with van der Waals surface area (Å²) in [5.74, 6) is -0.646. The van der Waals surface area contributed by atoms with Crippen LogP contribution in [-0.2, 0) is 0 Å². The molecule has 0 aliphatic carbocycles. The zero-order valence-corrected chi connectivity index (χ0v) is 13.9. The lowest BCUT2D eigenvalue weighted by molar-refractivity contribution is 0.0977. The van der Waals surface area contributed by atoms with Gasteiger partial charge in [0.1, 0.15) is 0 Å². The molecule has 0 radical (unpaired) electrons. The van der Waals surface area contributed by atoms with Gasteiger partial charge >= 0.3 is 0 Å². The highest BCUT2D eigenvalue weighted by Crippen LogP contribution is 2.23. The van der Waals surface area contributed by atoms with Gasteiger partial charge in [-0.1, -0.05) is 59.6 Å². The van der Waals surface area contributed by atoms with E-state index in [9.17, 15) is 4.79 Å². The van der Waals surface area contributed by atoms with E-state index in [2.05, 4.69) is 10.6 Å². The fourth-order valence-corrected chi connectivity index (χ4v) is 2.73. The number of halogens is 2. The van der Waals surface area contributed by atoms with Gasteiger partial charge in [-0.25, -0.2) is 0 Å². The third kappa shape index (κ3) is 3.50. The average Bonchev–Trinajstić information content (AvgIpc) is 2.57. The van der Waals surface area contributed by atoms with Crippen LogP contribution < -0.4 is 10.6 Å². The first-order chi connectivity index (χ1) is 11.5. The normalized spacial score (nSPS) is 10.4. The minimum absolute atomic E-state index is 0.146. The molecule has 0 aromatic heterocycles. The monoisotopic (exact) mass is 357 g/mol. The quantitative estimate of drug-likeness (QED) is 0.450. The molecule has 3 N–H and O–H groups in total. The van der Waals surface area contributed by atoms with Crippen LogP contribution in [0.25, 0.3) is 10.8 Å². The van der Waals surface area contributed by atoms with Crippen LogP contribution in [0.15, 0.2) is 60.7 Å². The van der Waals surface area contributed by atoms with E-state index in [4.69, 9.17) is 28.6 Å². The first-order valence-electron chi connectivity index (χ1n) is 7.14. The molecular formula is C18H13Cl2N3O. The lowest BCUT2D eigenvalue weighted by Gasteiger charge is -2.12. The van der Waals surface area contributed by atoms with Crippen LogP contribution >= 0.6 is 23.2 Å². The molecule has 0 saturated heterocycles. The van der Waals surface area contributed by atoms with Crippen LogP contribution in [0, 0.1) is 5.41 Å². The molecule has 1 amide bonds. The Morgan fingerprint density at radius 3 is 2.54 bits per heavy atom. The summed E-state index contributed by atoms with van der Waals surface area (Å²) >= 11 is 11.9. The number of anilines is 1. The maximum absolute atomic E-state index is 12.2. The molecule has 6 heteroatoms. The molecule has 0 unspecified atom stereocenters. The van der Waals surface area contributed by atoms with Crippen LogP contribution in [0.5, 0.6) is 0 Å². The lowest BCUT2D eigenvalue weighted by Crippen LogP contribution is -2.35. The van der Waals surface area contributed by atoms with Crippen molar-refractivity contribution >= 4 is 51.5 Å². The zero-order valence-electron chi connectivity index (χ0n) is 12.4. The molecule has 3 aromatic carbocycles. The zero-order chi connectivity index (χ0) is 17.1. The van der Waals surface area contributed by atoms with Gasteiger partial charge in [-0.2, -0.15) is 0 Å². The van der Waals surface area contributed by atoms with E-state index >= 15 is 0 Å². The molecule has 0 fully saturated rings. The highest BCUT2D eigenvalue weighted by molar-refractivity contribution is 6.36. The molecule has 0 bridgehead atoms. The van der Waals surface area contributed by atoms with Crippen molar-refractivity contribution in [1.82, 2.24) is 5.32 Å².